The van der Waals surface area contributed by atoms with Gasteiger partial charge in [0.1, 0.15) is 0 Å². The first-order valence-corrected chi connectivity index (χ1v) is 2.89. The van der Waals surface area contributed by atoms with E-state index in [0.717, 1.165) is 12.8 Å². The summed E-state index contributed by atoms with van der Waals surface area (Å²) in [6.07, 6.45) is 9.38. The van der Waals surface area contributed by atoms with Gasteiger partial charge in [0.15, 0.2) is 0 Å². The van der Waals surface area contributed by atoms with Crippen LogP contribution in [0.2, 0.25) is 0 Å². The van der Waals surface area contributed by atoms with Gasteiger partial charge < -0.3 is 5.11 Å². The van der Waals surface area contributed by atoms with Crippen molar-refractivity contribution in [1.29, 1.82) is 0 Å². The van der Waals surface area contributed by atoms with Crippen LogP contribution in [-0.4, -0.2) is 11.2 Å². The van der Waals surface area contributed by atoms with Gasteiger partial charge in [-0.25, -0.2) is 0 Å². The third kappa shape index (κ3) is 1.51. The van der Waals surface area contributed by atoms with Gasteiger partial charge in [-0.05, 0) is 12.8 Å². The van der Waals surface area contributed by atoms with Gasteiger partial charge in [-0.2, -0.15) is 0 Å². The predicted molar refractivity (Wildman–Crippen MR) is 33.5 cm³/mol. The van der Waals surface area contributed by atoms with Crippen molar-refractivity contribution < 1.29 is 5.11 Å². The van der Waals surface area contributed by atoms with E-state index in [0.29, 0.717) is 0 Å². The van der Waals surface area contributed by atoms with E-state index in [1.54, 1.807) is 0 Å². The lowest BCUT2D eigenvalue weighted by Gasteiger charge is -1.95. The summed E-state index contributed by atoms with van der Waals surface area (Å²) >= 11 is 0. The van der Waals surface area contributed by atoms with Gasteiger partial charge in [0.05, 0.1) is 6.10 Å². The first-order chi connectivity index (χ1) is 3.89. The summed E-state index contributed by atoms with van der Waals surface area (Å²) in [4.78, 5) is 0. The SMILES string of the molecule is OC1C=CCC=CC1. The molecule has 1 atom stereocenters. The van der Waals surface area contributed by atoms with Crippen molar-refractivity contribution in [2.24, 2.45) is 0 Å². The van der Waals surface area contributed by atoms with E-state index < -0.39 is 0 Å². The summed E-state index contributed by atoms with van der Waals surface area (Å²) in [5, 5.41) is 8.95. The molecule has 44 valence electrons. The zero-order valence-electron chi connectivity index (χ0n) is 4.75. The van der Waals surface area contributed by atoms with Gasteiger partial charge in [-0.15, -0.1) is 0 Å². The van der Waals surface area contributed by atoms with Crippen LogP contribution < -0.4 is 0 Å². The van der Waals surface area contributed by atoms with Crippen LogP contribution >= 0.6 is 0 Å². The Kier molecular flexibility index (Phi) is 1.86. The topological polar surface area (TPSA) is 20.2 Å². The zero-order valence-corrected chi connectivity index (χ0v) is 4.75. The van der Waals surface area contributed by atoms with Crippen LogP contribution in [-0.2, 0) is 0 Å². The van der Waals surface area contributed by atoms with Crippen molar-refractivity contribution in [3.05, 3.63) is 24.3 Å². The van der Waals surface area contributed by atoms with E-state index in [4.69, 9.17) is 5.11 Å². The molecule has 0 aromatic heterocycles. The van der Waals surface area contributed by atoms with E-state index in [-0.39, 0.29) is 6.10 Å². The molecule has 0 amide bonds. The van der Waals surface area contributed by atoms with Crippen molar-refractivity contribution >= 4 is 0 Å². The Labute approximate surface area is 49.3 Å². The maximum absolute atomic E-state index is 8.95. The number of hydrogen-bond acceptors (Lipinski definition) is 1. The monoisotopic (exact) mass is 110 g/mol. The first kappa shape index (κ1) is 5.57. The molecule has 0 saturated carbocycles. The Bertz CT molecular complexity index is 114. The van der Waals surface area contributed by atoms with Crippen molar-refractivity contribution in [3.8, 4) is 0 Å². The molecule has 1 aliphatic carbocycles. The molecule has 1 nitrogen and oxygen atoms in total. The van der Waals surface area contributed by atoms with Gasteiger partial charge in [0.2, 0.25) is 0 Å². The summed E-state index contributed by atoms with van der Waals surface area (Å²) in [6.45, 7) is 0. The molecular weight excluding hydrogens is 100 g/mol. The van der Waals surface area contributed by atoms with E-state index in [1.165, 1.54) is 0 Å². The van der Waals surface area contributed by atoms with Crippen LogP contribution in [0.1, 0.15) is 12.8 Å². The Morgan fingerprint density at radius 2 is 2.12 bits per heavy atom. The molecule has 1 aliphatic rings. The van der Waals surface area contributed by atoms with Crippen molar-refractivity contribution in [1.82, 2.24) is 0 Å². The lowest BCUT2D eigenvalue weighted by Crippen LogP contribution is -1.97. The van der Waals surface area contributed by atoms with Crippen molar-refractivity contribution in [3.63, 3.8) is 0 Å². The molecule has 0 bridgehead atoms. The molecule has 0 heterocycles. The highest BCUT2D eigenvalue weighted by Crippen LogP contribution is 2.01. The molecule has 1 N–H and O–H groups in total. The van der Waals surface area contributed by atoms with Crippen LogP contribution in [0.15, 0.2) is 24.3 Å². The van der Waals surface area contributed by atoms with E-state index in [1.807, 2.05) is 18.2 Å². The number of hydrogen-bond donors (Lipinski definition) is 1. The molecule has 0 saturated heterocycles. The Morgan fingerprint density at radius 1 is 1.25 bits per heavy atom. The number of aliphatic hydroxyl groups is 1. The standard InChI is InChI=1S/C7H10O/c8-7-5-3-1-2-4-6-7/h1,3-4,6-8H,2,5H2. The highest BCUT2D eigenvalue weighted by atomic mass is 16.3. The third-order valence-corrected chi connectivity index (χ3v) is 1.17. The summed E-state index contributed by atoms with van der Waals surface area (Å²) in [6, 6.07) is 0. The second-order valence-corrected chi connectivity index (χ2v) is 1.94. The van der Waals surface area contributed by atoms with E-state index >= 15 is 0 Å². The molecule has 0 aromatic rings. The Balaban J connectivity index is 2.48. The van der Waals surface area contributed by atoms with Gasteiger partial charge in [-0.3, -0.25) is 0 Å². The smallest absolute Gasteiger partial charge is 0.0755 e. The minimum absolute atomic E-state index is 0.242. The minimum atomic E-state index is -0.242. The van der Waals surface area contributed by atoms with E-state index in [2.05, 4.69) is 6.08 Å². The summed E-state index contributed by atoms with van der Waals surface area (Å²) in [7, 11) is 0. The quantitative estimate of drug-likeness (QED) is 0.465. The molecule has 1 unspecified atom stereocenters. The maximum atomic E-state index is 8.95. The highest BCUT2D eigenvalue weighted by Gasteiger charge is 1.95. The summed E-state index contributed by atoms with van der Waals surface area (Å²) in [5.74, 6) is 0. The summed E-state index contributed by atoms with van der Waals surface area (Å²) in [5.41, 5.74) is 0. The fourth-order valence-corrected chi connectivity index (χ4v) is 0.725. The predicted octanol–water partition coefficient (Wildman–Crippen LogP) is 1.25. The molecule has 0 radical (unpaired) electrons. The number of allylic oxidation sites excluding steroid dienone is 2. The van der Waals surface area contributed by atoms with Gasteiger partial charge in [0, 0.05) is 0 Å². The number of rotatable bonds is 0. The maximum Gasteiger partial charge on any atom is 0.0755 e. The Morgan fingerprint density at radius 3 is 3.00 bits per heavy atom. The molecule has 1 rings (SSSR count). The van der Waals surface area contributed by atoms with Crippen LogP contribution in [0, 0.1) is 0 Å². The fourth-order valence-electron chi connectivity index (χ4n) is 0.725. The largest absolute Gasteiger partial charge is 0.389 e. The van der Waals surface area contributed by atoms with Crippen LogP contribution in [0.4, 0.5) is 0 Å². The average molecular weight is 110 g/mol. The molecule has 0 fully saturated rings. The molecular formula is C7H10O. The molecule has 0 aliphatic heterocycles. The zero-order chi connectivity index (χ0) is 5.82. The normalized spacial score (nSPS) is 27.9. The summed E-state index contributed by atoms with van der Waals surface area (Å²) < 4.78 is 0. The highest BCUT2D eigenvalue weighted by molar-refractivity contribution is 5.02. The molecule has 0 spiro atoms. The van der Waals surface area contributed by atoms with E-state index in [9.17, 15) is 0 Å². The van der Waals surface area contributed by atoms with Crippen LogP contribution in [0.25, 0.3) is 0 Å². The van der Waals surface area contributed by atoms with Gasteiger partial charge in [0.25, 0.3) is 0 Å². The minimum Gasteiger partial charge on any atom is -0.389 e. The second kappa shape index (κ2) is 2.68. The second-order valence-electron chi connectivity index (χ2n) is 1.94. The fraction of sp³-hybridized carbons (Fsp3) is 0.429. The lowest BCUT2D eigenvalue weighted by atomic mass is 10.2. The first-order valence-electron chi connectivity index (χ1n) is 2.89. The number of aliphatic hydroxyl groups excluding tert-OH is 1. The average Bonchev–Trinajstić information content (AvgIpc) is 1.94. The van der Waals surface area contributed by atoms with Crippen molar-refractivity contribution in [2.45, 2.75) is 18.9 Å². The Hall–Kier alpha value is -0.560. The molecule has 0 aromatic carbocycles. The van der Waals surface area contributed by atoms with Crippen LogP contribution in [0.5, 0.6) is 0 Å². The van der Waals surface area contributed by atoms with Gasteiger partial charge >= 0.3 is 0 Å². The lowest BCUT2D eigenvalue weighted by molar-refractivity contribution is 0.227. The molecule has 8 heavy (non-hydrogen) atoms. The van der Waals surface area contributed by atoms with Crippen LogP contribution in [0.3, 0.4) is 0 Å². The third-order valence-electron chi connectivity index (χ3n) is 1.17. The molecule has 1 heteroatoms. The van der Waals surface area contributed by atoms with Crippen molar-refractivity contribution in [2.75, 3.05) is 0 Å². The van der Waals surface area contributed by atoms with Gasteiger partial charge in [-0.1, -0.05) is 24.3 Å².